The average molecular weight is 318 g/mol. The fourth-order valence-electron chi connectivity index (χ4n) is 2.58. The number of rotatable bonds is 3. The van der Waals surface area contributed by atoms with Crippen molar-refractivity contribution in [3.05, 3.63) is 65.2 Å². The highest BCUT2D eigenvalue weighted by Crippen LogP contribution is 2.24. The van der Waals surface area contributed by atoms with Gasteiger partial charge in [0.05, 0.1) is 5.52 Å². The molecule has 0 aliphatic heterocycles. The third kappa shape index (κ3) is 2.26. The lowest BCUT2D eigenvalue weighted by Gasteiger charge is -2.05. The Morgan fingerprint density at radius 3 is 2.83 bits per heavy atom. The number of hydrogen-bond donors (Lipinski definition) is 1. The molecule has 0 fully saturated rings. The molecule has 0 bridgehead atoms. The number of fused-ring (bicyclic) bond motifs is 1. The number of H-pyrrole nitrogens is 1. The van der Waals surface area contributed by atoms with Crippen LogP contribution in [-0.2, 0) is 0 Å². The van der Waals surface area contributed by atoms with E-state index in [0.717, 1.165) is 16.5 Å². The third-order valence-corrected chi connectivity index (χ3v) is 3.71. The summed E-state index contributed by atoms with van der Waals surface area (Å²) in [5.74, 6) is 0.253. The predicted octanol–water partition coefficient (Wildman–Crippen LogP) is 2.91. The second kappa shape index (κ2) is 5.51. The topological polar surface area (TPSA) is 106 Å². The first kappa shape index (κ1) is 13.9. The molecule has 24 heavy (non-hydrogen) atoms. The number of tetrazole rings is 1. The Kier molecular flexibility index (Phi) is 3.20. The van der Waals surface area contributed by atoms with Crippen molar-refractivity contribution in [1.29, 1.82) is 0 Å². The van der Waals surface area contributed by atoms with Gasteiger partial charge in [0, 0.05) is 22.7 Å². The van der Waals surface area contributed by atoms with Crippen molar-refractivity contribution in [3.63, 3.8) is 0 Å². The van der Waals surface area contributed by atoms with Crippen LogP contribution in [0.1, 0.15) is 10.4 Å². The highest BCUT2D eigenvalue weighted by Gasteiger charge is 2.13. The first-order chi connectivity index (χ1) is 11.8. The Bertz CT molecular complexity index is 1050. The first-order valence-corrected chi connectivity index (χ1v) is 7.09. The van der Waals surface area contributed by atoms with Gasteiger partial charge in [0.15, 0.2) is 0 Å². The number of nitrogens with zero attached hydrogens (tertiary/aromatic N) is 5. The Hall–Kier alpha value is -3.68. The molecule has 0 spiro atoms. The fourth-order valence-corrected chi connectivity index (χ4v) is 2.58. The van der Waals surface area contributed by atoms with Gasteiger partial charge >= 0.3 is 0 Å². The molecule has 2 aromatic carbocycles. The molecule has 0 unspecified atom stereocenters. The molecule has 0 amide bonds. The van der Waals surface area contributed by atoms with E-state index < -0.39 is 0 Å². The monoisotopic (exact) mass is 318 g/mol. The Labute approximate surface area is 135 Å². The molecule has 0 aliphatic carbocycles. The Balaban J connectivity index is 1.77. The summed E-state index contributed by atoms with van der Waals surface area (Å²) in [5, 5.41) is 17.6. The molecular formula is C16H10N6O2. The van der Waals surface area contributed by atoms with E-state index in [2.05, 4.69) is 25.8 Å². The molecule has 8 nitrogen and oxygen atoms in total. The average Bonchev–Trinajstić information content (AvgIpc) is 3.30. The summed E-state index contributed by atoms with van der Waals surface area (Å²) in [5.41, 5.74) is 2.16. The molecule has 4 aromatic rings. The molecule has 0 aliphatic rings. The van der Waals surface area contributed by atoms with E-state index >= 15 is 0 Å². The van der Waals surface area contributed by atoms with Gasteiger partial charge in [0.1, 0.15) is 5.69 Å². The molecule has 4 rings (SSSR count). The minimum Gasteiger partial charge on any atom is -0.283 e. The van der Waals surface area contributed by atoms with Crippen LogP contribution in [0.15, 0.2) is 59.9 Å². The second-order valence-electron chi connectivity index (χ2n) is 5.14. The zero-order valence-electron chi connectivity index (χ0n) is 12.2. The highest BCUT2D eigenvalue weighted by molar-refractivity contribution is 6.03. The maximum Gasteiger partial charge on any atom is 0.262 e. The lowest BCUT2D eigenvalue weighted by Crippen LogP contribution is -2.10. The summed E-state index contributed by atoms with van der Waals surface area (Å²) in [4.78, 5) is 23.3. The van der Waals surface area contributed by atoms with Gasteiger partial charge in [-0.25, -0.2) is 0 Å². The Morgan fingerprint density at radius 1 is 1.12 bits per heavy atom. The number of carbonyl (C=O) groups excluding carboxylic acids is 1. The summed E-state index contributed by atoms with van der Waals surface area (Å²) in [6, 6.07) is 13.7. The molecule has 0 saturated carbocycles. The van der Waals surface area contributed by atoms with Crippen molar-refractivity contribution in [3.8, 4) is 11.4 Å². The van der Waals surface area contributed by atoms with E-state index in [0.29, 0.717) is 11.4 Å². The van der Waals surface area contributed by atoms with Crippen LogP contribution in [0.4, 0.5) is 5.69 Å². The molecule has 1 N–H and O–H groups in total. The predicted molar refractivity (Wildman–Crippen MR) is 86.7 cm³/mol. The standard InChI is InChI=1S/C16H10N6O2/c23-16(12-2-1-3-13(9-12)19-24)22-7-6-10-8-11(4-5-14(10)22)15-17-20-21-18-15/h1-9H,(H,17,18,20,21). The summed E-state index contributed by atoms with van der Waals surface area (Å²) in [6.07, 6.45) is 1.69. The van der Waals surface area contributed by atoms with Crippen molar-refractivity contribution in [2.24, 2.45) is 5.18 Å². The van der Waals surface area contributed by atoms with E-state index in [1.54, 1.807) is 24.4 Å². The van der Waals surface area contributed by atoms with Crippen LogP contribution >= 0.6 is 0 Å². The van der Waals surface area contributed by atoms with Crippen molar-refractivity contribution in [1.82, 2.24) is 25.2 Å². The highest BCUT2D eigenvalue weighted by atomic mass is 16.3. The van der Waals surface area contributed by atoms with Gasteiger partial charge in [0.2, 0.25) is 5.82 Å². The smallest absolute Gasteiger partial charge is 0.262 e. The van der Waals surface area contributed by atoms with Crippen LogP contribution in [0.2, 0.25) is 0 Å². The number of hydrogen-bond acceptors (Lipinski definition) is 6. The minimum atomic E-state index is -0.234. The maximum absolute atomic E-state index is 12.7. The van der Waals surface area contributed by atoms with Gasteiger partial charge < -0.3 is 0 Å². The van der Waals surface area contributed by atoms with E-state index in [4.69, 9.17) is 0 Å². The quantitative estimate of drug-likeness (QED) is 0.585. The minimum absolute atomic E-state index is 0.219. The number of nitrogens with one attached hydrogen (secondary N) is 1. The maximum atomic E-state index is 12.7. The molecule has 0 saturated heterocycles. The summed E-state index contributed by atoms with van der Waals surface area (Å²) in [6.45, 7) is 0. The van der Waals surface area contributed by atoms with E-state index in [9.17, 15) is 9.70 Å². The molecular weight excluding hydrogens is 308 g/mol. The number of nitroso groups, excluding NO2 is 1. The van der Waals surface area contributed by atoms with Gasteiger partial charge in [-0.2, -0.15) is 5.21 Å². The van der Waals surface area contributed by atoms with Gasteiger partial charge in [-0.3, -0.25) is 9.36 Å². The lowest BCUT2D eigenvalue weighted by molar-refractivity contribution is 0.0965. The molecule has 8 heteroatoms. The van der Waals surface area contributed by atoms with E-state index in [1.165, 1.54) is 10.6 Å². The van der Waals surface area contributed by atoms with Crippen molar-refractivity contribution in [2.45, 2.75) is 0 Å². The van der Waals surface area contributed by atoms with Crippen LogP contribution in [0.3, 0.4) is 0 Å². The van der Waals surface area contributed by atoms with Crippen molar-refractivity contribution >= 4 is 22.5 Å². The third-order valence-electron chi connectivity index (χ3n) is 3.71. The van der Waals surface area contributed by atoms with Crippen LogP contribution < -0.4 is 0 Å². The second-order valence-corrected chi connectivity index (χ2v) is 5.14. The van der Waals surface area contributed by atoms with Gasteiger partial charge in [-0.15, -0.1) is 15.1 Å². The van der Waals surface area contributed by atoms with Crippen LogP contribution in [0.5, 0.6) is 0 Å². The largest absolute Gasteiger partial charge is 0.283 e. The van der Waals surface area contributed by atoms with Crippen molar-refractivity contribution in [2.75, 3.05) is 0 Å². The molecule has 2 aromatic heterocycles. The zero-order chi connectivity index (χ0) is 16.5. The summed E-state index contributed by atoms with van der Waals surface area (Å²) >= 11 is 0. The SMILES string of the molecule is O=Nc1cccc(C(=O)n2ccc3cc(-c4nn[nH]n4)ccc32)c1. The first-order valence-electron chi connectivity index (χ1n) is 7.09. The number of aromatic amines is 1. The van der Waals surface area contributed by atoms with Gasteiger partial charge in [-0.1, -0.05) is 6.07 Å². The van der Waals surface area contributed by atoms with Gasteiger partial charge in [-0.05, 0) is 52.9 Å². The van der Waals surface area contributed by atoms with Crippen LogP contribution in [0.25, 0.3) is 22.3 Å². The van der Waals surface area contributed by atoms with Crippen LogP contribution in [0, 0.1) is 4.91 Å². The molecule has 116 valence electrons. The number of aromatic nitrogens is 5. The zero-order valence-corrected chi connectivity index (χ0v) is 12.2. The number of carbonyl (C=O) groups is 1. The molecule has 0 atom stereocenters. The van der Waals surface area contributed by atoms with E-state index in [-0.39, 0.29) is 11.6 Å². The fraction of sp³-hybridized carbons (Fsp3) is 0. The molecule has 2 heterocycles. The van der Waals surface area contributed by atoms with E-state index in [1.807, 2.05) is 24.3 Å². The summed E-state index contributed by atoms with van der Waals surface area (Å²) < 4.78 is 1.53. The Morgan fingerprint density at radius 2 is 2.04 bits per heavy atom. The molecule has 0 radical (unpaired) electrons. The van der Waals surface area contributed by atoms with Gasteiger partial charge in [0.25, 0.3) is 5.91 Å². The number of benzene rings is 2. The lowest BCUT2D eigenvalue weighted by atomic mass is 10.1. The van der Waals surface area contributed by atoms with Crippen LogP contribution in [-0.4, -0.2) is 31.1 Å². The normalized spacial score (nSPS) is 10.8. The van der Waals surface area contributed by atoms with Crippen molar-refractivity contribution < 1.29 is 4.79 Å². The summed E-state index contributed by atoms with van der Waals surface area (Å²) in [7, 11) is 0.